The smallest absolute Gasteiger partial charge is 0.337 e. The van der Waals surface area contributed by atoms with E-state index >= 15 is 0 Å². The maximum absolute atomic E-state index is 11.5. The third-order valence-electron chi connectivity index (χ3n) is 6.09. The highest BCUT2D eigenvalue weighted by Gasteiger charge is 2.22. The second-order valence-corrected chi connectivity index (χ2v) is 8.53. The lowest BCUT2D eigenvalue weighted by molar-refractivity contribution is 0.0600. The van der Waals surface area contributed by atoms with Gasteiger partial charge in [-0.2, -0.15) is 5.10 Å². The second-order valence-electron chi connectivity index (χ2n) is 8.53. The van der Waals surface area contributed by atoms with Gasteiger partial charge in [0.05, 0.1) is 24.4 Å². The Morgan fingerprint density at radius 2 is 1.62 bits per heavy atom. The lowest BCUT2D eigenvalue weighted by Crippen LogP contribution is -2.12. The number of benzene rings is 3. The van der Waals surface area contributed by atoms with Crippen molar-refractivity contribution in [1.82, 2.24) is 15.1 Å². The number of aromatic nitrogens is 2. The third kappa shape index (κ3) is 4.58. The SMILES string of the molecule is COC(=O)c1ccc(CNCc2ccc(-c3ccc4c(cnn4CC4CC4)c3)cc2)cc1. The molecule has 0 amide bonds. The molecule has 1 saturated carbocycles. The normalized spacial score (nSPS) is 13.4. The van der Waals surface area contributed by atoms with Gasteiger partial charge >= 0.3 is 5.97 Å². The Balaban J connectivity index is 1.19. The first-order valence-corrected chi connectivity index (χ1v) is 11.1. The van der Waals surface area contributed by atoms with Crippen molar-refractivity contribution < 1.29 is 9.53 Å². The van der Waals surface area contributed by atoms with Gasteiger partial charge in [0.25, 0.3) is 0 Å². The summed E-state index contributed by atoms with van der Waals surface area (Å²) in [7, 11) is 1.39. The second kappa shape index (κ2) is 8.97. The van der Waals surface area contributed by atoms with Crippen molar-refractivity contribution in [2.75, 3.05) is 7.11 Å². The maximum atomic E-state index is 11.5. The summed E-state index contributed by atoms with van der Waals surface area (Å²) in [5.41, 5.74) is 6.59. The van der Waals surface area contributed by atoms with Crippen LogP contribution in [-0.2, 0) is 24.4 Å². The molecular formula is C27H27N3O2. The molecule has 5 nitrogen and oxygen atoms in total. The van der Waals surface area contributed by atoms with Gasteiger partial charge in [-0.25, -0.2) is 4.79 Å². The van der Waals surface area contributed by atoms with Crippen LogP contribution < -0.4 is 5.32 Å². The molecule has 1 N–H and O–H groups in total. The summed E-state index contributed by atoms with van der Waals surface area (Å²) in [4.78, 5) is 11.5. The largest absolute Gasteiger partial charge is 0.465 e. The van der Waals surface area contributed by atoms with Gasteiger partial charge in [0.15, 0.2) is 0 Å². The summed E-state index contributed by atoms with van der Waals surface area (Å²) in [6, 6.07) is 22.8. The minimum Gasteiger partial charge on any atom is -0.465 e. The highest BCUT2D eigenvalue weighted by Crippen LogP contribution is 2.32. The molecule has 0 atom stereocenters. The Hall–Kier alpha value is -3.44. The van der Waals surface area contributed by atoms with E-state index in [1.54, 1.807) is 12.1 Å². The Kier molecular flexibility index (Phi) is 5.73. The molecule has 0 radical (unpaired) electrons. The molecule has 0 saturated heterocycles. The fourth-order valence-corrected chi connectivity index (χ4v) is 4.00. The minimum atomic E-state index is -0.309. The number of nitrogens with one attached hydrogen (secondary N) is 1. The number of rotatable bonds is 8. The van der Waals surface area contributed by atoms with Gasteiger partial charge < -0.3 is 10.1 Å². The first kappa shape index (κ1) is 20.5. The number of ether oxygens (including phenoxy) is 1. The predicted octanol–water partition coefficient (Wildman–Crippen LogP) is 5.19. The average molecular weight is 426 g/mol. The van der Waals surface area contributed by atoms with E-state index < -0.39 is 0 Å². The molecule has 5 heteroatoms. The first-order valence-electron chi connectivity index (χ1n) is 11.1. The fraction of sp³-hybridized carbons (Fsp3) is 0.259. The zero-order valence-corrected chi connectivity index (χ0v) is 18.3. The summed E-state index contributed by atoms with van der Waals surface area (Å²) in [5, 5.41) is 9.25. The van der Waals surface area contributed by atoms with Crippen LogP contribution in [0.4, 0.5) is 0 Å². The summed E-state index contributed by atoms with van der Waals surface area (Å²) in [6.07, 6.45) is 4.65. The molecule has 5 rings (SSSR count). The van der Waals surface area contributed by atoms with Crippen molar-refractivity contribution in [3.63, 3.8) is 0 Å². The molecule has 32 heavy (non-hydrogen) atoms. The van der Waals surface area contributed by atoms with Crippen LogP contribution in [0.15, 0.2) is 72.9 Å². The molecule has 1 aromatic heterocycles. The zero-order chi connectivity index (χ0) is 21.9. The Bertz CT molecular complexity index is 1220. The van der Waals surface area contributed by atoms with E-state index in [0.717, 1.165) is 31.1 Å². The number of esters is 1. The van der Waals surface area contributed by atoms with Crippen LogP contribution in [0.1, 0.15) is 34.3 Å². The number of methoxy groups -OCH3 is 1. The van der Waals surface area contributed by atoms with Crippen molar-refractivity contribution in [2.45, 2.75) is 32.5 Å². The molecule has 4 aromatic rings. The lowest BCUT2D eigenvalue weighted by atomic mass is 10.0. The number of hydrogen-bond acceptors (Lipinski definition) is 4. The maximum Gasteiger partial charge on any atom is 0.337 e. The van der Waals surface area contributed by atoms with Crippen molar-refractivity contribution in [3.05, 3.63) is 89.6 Å². The summed E-state index contributed by atoms with van der Waals surface area (Å²) < 4.78 is 6.88. The zero-order valence-electron chi connectivity index (χ0n) is 18.3. The van der Waals surface area contributed by atoms with Crippen LogP contribution in [0.5, 0.6) is 0 Å². The highest BCUT2D eigenvalue weighted by molar-refractivity contribution is 5.89. The number of hydrogen-bond donors (Lipinski definition) is 1. The third-order valence-corrected chi connectivity index (χ3v) is 6.09. The van der Waals surface area contributed by atoms with Crippen LogP contribution in [0.3, 0.4) is 0 Å². The quantitative estimate of drug-likeness (QED) is 0.395. The lowest BCUT2D eigenvalue weighted by Gasteiger charge is -2.08. The molecule has 162 valence electrons. The summed E-state index contributed by atoms with van der Waals surface area (Å²) >= 11 is 0. The molecule has 1 fully saturated rings. The molecule has 1 heterocycles. The number of carbonyl (C=O) groups excluding carboxylic acids is 1. The van der Waals surface area contributed by atoms with E-state index in [-0.39, 0.29) is 5.97 Å². The van der Waals surface area contributed by atoms with Crippen LogP contribution in [-0.4, -0.2) is 22.9 Å². The van der Waals surface area contributed by atoms with Crippen LogP contribution in [0.2, 0.25) is 0 Å². The minimum absolute atomic E-state index is 0.309. The van der Waals surface area contributed by atoms with Gasteiger partial charge in [-0.15, -0.1) is 0 Å². The number of fused-ring (bicyclic) bond motifs is 1. The average Bonchev–Trinajstić information content (AvgIpc) is 3.57. The predicted molar refractivity (Wildman–Crippen MR) is 126 cm³/mol. The van der Waals surface area contributed by atoms with Crippen LogP contribution >= 0.6 is 0 Å². The molecule has 0 unspecified atom stereocenters. The van der Waals surface area contributed by atoms with E-state index in [0.29, 0.717) is 5.56 Å². The topological polar surface area (TPSA) is 56.1 Å². The van der Waals surface area contributed by atoms with Crippen molar-refractivity contribution in [2.24, 2.45) is 5.92 Å². The van der Waals surface area contributed by atoms with Gasteiger partial charge in [0.1, 0.15) is 0 Å². The Morgan fingerprint density at radius 1 is 0.969 bits per heavy atom. The van der Waals surface area contributed by atoms with Gasteiger partial charge in [-0.3, -0.25) is 4.68 Å². The Morgan fingerprint density at radius 3 is 2.28 bits per heavy atom. The molecule has 1 aliphatic rings. The Labute approximate surface area is 188 Å². The summed E-state index contributed by atoms with van der Waals surface area (Å²) in [6.45, 7) is 2.57. The van der Waals surface area contributed by atoms with E-state index in [1.165, 1.54) is 47.5 Å². The molecule has 0 spiro atoms. The molecule has 1 aliphatic carbocycles. The molecular weight excluding hydrogens is 398 g/mol. The molecule has 3 aromatic carbocycles. The number of carbonyl (C=O) groups is 1. The van der Waals surface area contributed by atoms with Crippen molar-refractivity contribution in [3.8, 4) is 11.1 Å². The van der Waals surface area contributed by atoms with Gasteiger partial charge in [0.2, 0.25) is 0 Å². The van der Waals surface area contributed by atoms with Crippen LogP contribution in [0, 0.1) is 5.92 Å². The van der Waals surface area contributed by atoms with E-state index in [1.807, 2.05) is 18.3 Å². The molecule has 0 bridgehead atoms. The van der Waals surface area contributed by atoms with E-state index in [2.05, 4.69) is 57.6 Å². The summed E-state index contributed by atoms with van der Waals surface area (Å²) in [5.74, 6) is 0.508. The number of nitrogens with zero attached hydrogens (tertiary/aromatic N) is 2. The molecule has 0 aliphatic heterocycles. The fourth-order valence-electron chi connectivity index (χ4n) is 4.00. The van der Waals surface area contributed by atoms with E-state index in [4.69, 9.17) is 4.74 Å². The monoisotopic (exact) mass is 425 g/mol. The van der Waals surface area contributed by atoms with Crippen LogP contribution in [0.25, 0.3) is 22.0 Å². The van der Waals surface area contributed by atoms with Gasteiger partial charge in [0, 0.05) is 25.0 Å². The standard InChI is InChI=1S/C27H27N3O2/c1-32-27(31)23-10-6-20(7-11-23)16-28-15-19-4-8-22(9-5-19)24-12-13-26-25(14-24)17-29-30(26)18-21-2-3-21/h4-14,17,21,28H,2-3,15-16,18H2,1H3. The van der Waals surface area contributed by atoms with Crippen molar-refractivity contribution in [1.29, 1.82) is 0 Å². The first-order chi connectivity index (χ1) is 15.7. The highest BCUT2D eigenvalue weighted by atomic mass is 16.5. The van der Waals surface area contributed by atoms with E-state index in [9.17, 15) is 4.79 Å². The van der Waals surface area contributed by atoms with Crippen molar-refractivity contribution >= 4 is 16.9 Å². The van der Waals surface area contributed by atoms with Gasteiger partial charge in [-0.05, 0) is 65.3 Å². The van der Waals surface area contributed by atoms with Gasteiger partial charge in [-0.1, -0.05) is 42.5 Å².